The molecule has 0 aliphatic rings. The Balaban J connectivity index is 3.38. The van der Waals surface area contributed by atoms with E-state index in [1.54, 1.807) is 21.6 Å². The molecule has 0 bridgehead atoms. The van der Waals surface area contributed by atoms with Crippen molar-refractivity contribution in [1.29, 1.82) is 0 Å². The summed E-state index contributed by atoms with van der Waals surface area (Å²) in [5.41, 5.74) is 0. The molecule has 10 heteroatoms. The number of nitrogens with zero attached hydrogens (tertiary/aromatic N) is 2. The molecule has 0 saturated carbocycles. The molecular weight excluding hydrogens is 352 g/mol. The monoisotopic (exact) mass is 374 g/mol. The second-order valence-electron chi connectivity index (χ2n) is 3.78. The molecule has 0 heterocycles. The predicted octanol–water partition coefficient (Wildman–Crippen LogP) is 2.25. The van der Waals surface area contributed by atoms with Gasteiger partial charge in [-0.15, -0.1) is 0 Å². The fourth-order valence-corrected chi connectivity index (χ4v) is 2.73. The van der Waals surface area contributed by atoms with Gasteiger partial charge < -0.3 is 9.47 Å². The molecule has 0 aromatic carbocycles. The molecule has 0 aliphatic heterocycles. The van der Waals surface area contributed by atoms with Crippen molar-refractivity contribution in [2.45, 2.75) is 0 Å². The normalized spacial score (nSPS) is 10.5. The van der Waals surface area contributed by atoms with E-state index in [2.05, 4.69) is 33.8 Å². The van der Waals surface area contributed by atoms with Crippen LogP contribution in [0.15, 0.2) is 35.3 Å². The number of aliphatic imine (C=N–C) groups is 2. The van der Waals surface area contributed by atoms with Gasteiger partial charge in [0.25, 0.3) is 0 Å². The third-order valence-corrected chi connectivity index (χ3v) is 4.27. The Morgan fingerprint density at radius 3 is 1.67 bits per heavy atom. The van der Waals surface area contributed by atoms with E-state index < -0.39 is 12.2 Å². The van der Waals surface area contributed by atoms with Gasteiger partial charge in [0.05, 0.1) is 25.8 Å². The van der Waals surface area contributed by atoms with E-state index in [0.29, 0.717) is 13.1 Å². The van der Waals surface area contributed by atoms with Crippen LogP contribution < -0.4 is 10.6 Å². The second kappa shape index (κ2) is 17.4. The number of hydrogen-bond acceptors (Lipinski definition) is 8. The highest BCUT2D eigenvalue weighted by Crippen LogP contribution is 2.19. The summed E-state index contributed by atoms with van der Waals surface area (Å²) < 4.78 is 9.39. The van der Waals surface area contributed by atoms with Gasteiger partial charge in [0.1, 0.15) is 13.2 Å². The highest BCUT2D eigenvalue weighted by Gasteiger charge is 1.96. The van der Waals surface area contributed by atoms with Crippen LogP contribution in [0.1, 0.15) is 0 Å². The van der Waals surface area contributed by atoms with Crippen molar-refractivity contribution in [3.63, 3.8) is 0 Å². The lowest BCUT2D eigenvalue weighted by atomic mass is 10.7. The molecule has 2 amide bonds. The number of hydrogen-bond donors (Lipinski definition) is 2. The molecule has 134 valence electrons. The lowest BCUT2D eigenvalue weighted by Crippen LogP contribution is -2.22. The van der Waals surface area contributed by atoms with Crippen molar-refractivity contribution in [3.8, 4) is 0 Å². The van der Waals surface area contributed by atoms with Gasteiger partial charge in [-0.25, -0.2) is 9.59 Å². The summed E-state index contributed by atoms with van der Waals surface area (Å²) in [6, 6.07) is 0. The molecule has 0 aromatic heterocycles. The molecule has 0 rings (SSSR count). The quantitative estimate of drug-likeness (QED) is 0.169. The summed E-state index contributed by atoms with van der Waals surface area (Å²) in [5.74, 6) is 1.61. The van der Waals surface area contributed by atoms with E-state index in [1.807, 2.05) is 0 Å². The lowest BCUT2D eigenvalue weighted by Gasteiger charge is -2.00. The molecule has 0 aromatic rings. The van der Waals surface area contributed by atoms with Crippen LogP contribution in [0.3, 0.4) is 0 Å². The first-order valence-electron chi connectivity index (χ1n) is 7.00. The van der Waals surface area contributed by atoms with E-state index in [4.69, 9.17) is 9.47 Å². The molecule has 0 atom stereocenters. The van der Waals surface area contributed by atoms with Crippen LogP contribution in [0.2, 0.25) is 0 Å². The Morgan fingerprint density at radius 1 is 0.875 bits per heavy atom. The van der Waals surface area contributed by atoms with Crippen molar-refractivity contribution in [1.82, 2.24) is 10.6 Å². The van der Waals surface area contributed by atoms with Gasteiger partial charge in [-0.1, -0.05) is 46.9 Å². The van der Waals surface area contributed by atoms with E-state index in [9.17, 15) is 9.59 Å². The fourth-order valence-electron chi connectivity index (χ4n) is 0.976. The summed E-state index contributed by atoms with van der Waals surface area (Å²) in [6.45, 7) is 8.37. The largest absolute Gasteiger partial charge is 0.445 e. The third kappa shape index (κ3) is 16.4. The zero-order valence-electron chi connectivity index (χ0n) is 13.3. The Labute approximate surface area is 149 Å². The van der Waals surface area contributed by atoms with E-state index >= 15 is 0 Å². The van der Waals surface area contributed by atoms with Crippen molar-refractivity contribution < 1.29 is 19.1 Å². The van der Waals surface area contributed by atoms with Gasteiger partial charge in [-0.2, -0.15) is 0 Å². The van der Waals surface area contributed by atoms with Gasteiger partial charge in [-0.05, 0) is 0 Å². The van der Waals surface area contributed by atoms with Gasteiger partial charge >= 0.3 is 12.2 Å². The molecule has 0 fully saturated rings. The van der Waals surface area contributed by atoms with Crippen LogP contribution in [-0.4, -0.2) is 62.7 Å². The standard InChI is InChI=1S/C14H22N4O4S2/c1-3-7-21-13(19)17-11-15-5-9-23-24-10-6-16-12-18-14(20)22-8-4-2/h3-4,11-12H,1-2,5-10H2,(H,15,17,19)(H,16,18,20). The maximum Gasteiger partial charge on any atom is 0.412 e. The number of carbonyl (C=O) groups is 2. The van der Waals surface area contributed by atoms with Crippen LogP contribution in [0.5, 0.6) is 0 Å². The van der Waals surface area contributed by atoms with Crippen LogP contribution in [0, 0.1) is 0 Å². The molecule has 8 nitrogen and oxygen atoms in total. The molecule has 24 heavy (non-hydrogen) atoms. The van der Waals surface area contributed by atoms with Gasteiger partial charge in [0.2, 0.25) is 0 Å². The molecule has 0 saturated heterocycles. The van der Waals surface area contributed by atoms with Gasteiger partial charge in [-0.3, -0.25) is 20.6 Å². The summed E-state index contributed by atoms with van der Waals surface area (Å²) in [4.78, 5) is 30.1. The minimum absolute atomic E-state index is 0.167. The van der Waals surface area contributed by atoms with Crippen LogP contribution in [0.25, 0.3) is 0 Å². The Bertz CT molecular complexity index is 404. The number of amides is 2. The zero-order chi connectivity index (χ0) is 17.9. The van der Waals surface area contributed by atoms with Crippen molar-refractivity contribution >= 4 is 46.5 Å². The first-order chi connectivity index (χ1) is 11.7. The topological polar surface area (TPSA) is 101 Å². The minimum Gasteiger partial charge on any atom is -0.445 e. The average Bonchev–Trinajstić information content (AvgIpc) is 2.58. The smallest absolute Gasteiger partial charge is 0.412 e. The number of nitrogens with one attached hydrogen (secondary N) is 2. The Morgan fingerprint density at radius 2 is 1.29 bits per heavy atom. The van der Waals surface area contributed by atoms with Crippen molar-refractivity contribution in [2.24, 2.45) is 9.98 Å². The van der Waals surface area contributed by atoms with Crippen LogP contribution in [-0.2, 0) is 9.47 Å². The average molecular weight is 374 g/mol. The van der Waals surface area contributed by atoms with Crippen LogP contribution in [0.4, 0.5) is 9.59 Å². The van der Waals surface area contributed by atoms with E-state index in [1.165, 1.54) is 24.8 Å². The molecule has 0 radical (unpaired) electrons. The maximum absolute atomic E-state index is 11.0. The fraction of sp³-hybridized carbons (Fsp3) is 0.429. The first-order valence-corrected chi connectivity index (χ1v) is 9.49. The van der Waals surface area contributed by atoms with Crippen LogP contribution >= 0.6 is 21.6 Å². The number of rotatable bonds is 13. The maximum atomic E-state index is 11.0. The lowest BCUT2D eigenvalue weighted by molar-refractivity contribution is 0.163. The number of ether oxygens (including phenoxy) is 2. The van der Waals surface area contributed by atoms with Crippen molar-refractivity contribution in [3.05, 3.63) is 25.3 Å². The molecule has 0 unspecified atom stereocenters. The molecule has 0 spiro atoms. The number of carbonyl (C=O) groups excluding carboxylic acids is 2. The highest BCUT2D eigenvalue weighted by molar-refractivity contribution is 8.76. The SMILES string of the molecule is C=CCOC(=O)NC=NCCSSCCN=CNC(=O)OCC=C. The number of alkyl carbamates (subject to hydrolysis) is 2. The Kier molecular flexibility index (Phi) is 16.0. The first kappa shape index (κ1) is 22.1. The molecular formula is C14H22N4O4S2. The third-order valence-electron chi connectivity index (χ3n) is 1.90. The zero-order valence-corrected chi connectivity index (χ0v) is 14.9. The molecule has 0 aliphatic carbocycles. The summed E-state index contributed by atoms with van der Waals surface area (Å²) in [5, 5.41) is 4.76. The van der Waals surface area contributed by atoms with Crippen molar-refractivity contribution in [2.75, 3.05) is 37.8 Å². The summed E-state index contributed by atoms with van der Waals surface area (Å²) in [7, 11) is 3.30. The van der Waals surface area contributed by atoms with Gasteiger partial charge in [0, 0.05) is 11.5 Å². The highest BCUT2D eigenvalue weighted by atomic mass is 33.1. The van der Waals surface area contributed by atoms with E-state index in [-0.39, 0.29) is 13.2 Å². The predicted molar refractivity (Wildman–Crippen MR) is 101 cm³/mol. The summed E-state index contributed by atoms with van der Waals surface area (Å²) >= 11 is 0. The van der Waals surface area contributed by atoms with Gasteiger partial charge in [0.15, 0.2) is 0 Å². The molecule has 2 N–H and O–H groups in total. The van der Waals surface area contributed by atoms with E-state index in [0.717, 1.165) is 11.5 Å². The summed E-state index contributed by atoms with van der Waals surface area (Å²) in [6.07, 6.45) is 4.50. The minimum atomic E-state index is -0.555. The second-order valence-corrected chi connectivity index (χ2v) is 6.48. The Hall–Kier alpha value is -1.94.